The smallest absolute Gasteiger partial charge is 0.262 e. The van der Waals surface area contributed by atoms with Crippen LogP contribution in [0, 0.1) is 23.2 Å². The molecular weight excluding hydrogens is 356 g/mol. The molecule has 4 nitrogen and oxygen atoms in total. The van der Waals surface area contributed by atoms with Crippen LogP contribution in [0.4, 0.5) is 0 Å². The van der Waals surface area contributed by atoms with Crippen molar-refractivity contribution < 1.29 is 4.79 Å². The van der Waals surface area contributed by atoms with E-state index in [1.807, 2.05) is 0 Å². The molecule has 5 aliphatic rings. The van der Waals surface area contributed by atoms with E-state index in [0.717, 1.165) is 66.5 Å². The van der Waals surface area contributed by atoms with Crippen molar-refractivity contribution in [2.75, 3.05) is 0 Å². The fourth-order valence-corrected chi connectivity index (χ4v) is 8.29. The van der Waals surface area contributed by atoms with Crippen molar-refractivity contribution in [3.8, 4) is 0 Å². The molecule has 2 aromatic heterocycles. The Kier molecular flexibility index (Phi) is 3.51. The summed E-state index contributed by atoms with van der Waals surface area (Å²) in [4.78, 5) is 33.4. The number of nitrogens with zero attached hydrogens (tertiary/aromatic N) is 2. The van der Waals surface area contributed by atoms with E-state index in [0.29, 0.717) is 5.78 Å². The van der Waals surface area contributed by atoms with Crippen molar-refractivity contribution in [2.24, 2.45) is 23.2 Å². The minimum atomic E-state index is -0.142. The molecule has 0 saturated heterocycles. The standard InChI is InChI=1S/C22H26N2O2S/c25-18(22-8-13-5-14(9-22)7-15(6-13)10-22)11-24-12-23-20-19(21(24)26)16-3-1-2-4-17(16)27-20/h12-15H,1-11H2. The van der Waals surface area contributed by atoms with E-state index in [1.165, 1.54) is 36.1 Å². The third-order valence-corrected chi connectivity index (χ3v) is 9.09. The van der Waals surface area contributed by atoms with E-state index in [9.17, 15) is 9.59 Å². The maximum absolute atomic E-state index is 13.4. The molecule has 0 aromatic carbocycles. The Morgan fingerprint density at radius 1 is 1.11 bits per heavy atom. The number of fused-ring (bicyclic) bond motifs is 3. The van der Waals surface area contributed by atoms with Crippen molar-refractivity contribution in [1.29, 1.82) is 0 Å². The molecule has 5 aliphatic carbocycles. The minimum absolute atomic E-state index is 0.0116. The third-order valence-electron chi connectivity index (χ3n) is 7.89. The van der Waals surface area contributed by atoms with Gasteiger partial charge in [-0.2, -0.15) is 0 Å². The molecule has 0 spiro atoms. The van der Waals surface area contributed by atoms with Gasteiger partial charge in [0.25, 0.3) is 5.56 Å². The Balaban J connectivity index is 1.35. The molecule has 0 amide bonds. The lowest BCUT2D eigenvalue weighted by molar-refractivity contribution is -0.144. The fourth-order valence-electron chi connectivity index (χ4n) is 7.07. The van der Waals surface area contributed by atoms with Gasteiger partial charge in [-0.05, 0) is 87.5 Å². The molecule has 0 unspecified atom stereocenters. The summed E-state index contributed by atoms with van der Waals surface area (Å²) in [5.41, 5.74) is 1.09. The number of carbonyl (C=O) groups is 1. The first-order valence-corrected chi connectivity index (χ1v) is 11.5. The summed E-state index contributed by atoms with van der Waals surface area (Å²) in [6.45, 7) is 0.221. The number of aromatic nitrogens is 2. The fraction of sp³-hybridized carbons (Fsp3) is 0.682. The van der Waals surface area contributed by atoms with Crippen LogP contribution >= 0.6 is 11.3 Å². The van der Waals surface area contributed by atoms with Gasteiger partial charge in [0.15, 0.2) is 5.78 Å². The number of aryl methyl sites for hydroxylation is 2. The van der Waals surface area contributed by atoms with E-state index < -0.39 is 0 Å². The summed E-state index contributed by atoms with van der Waals surface area (Å²) < 4.78 is 1.62. The van der Waals surface area contributed by atoms with Gasteiger partial charge in [0.05, 0.1) is 18.3 Å². The molecule has 4 bridgehead atoms. The molecule has 4 saturated carbocycles. The maximum atomic E-state index is 13.4. The second kappa shape index (κ2) is 5.76. The number of ketones is 1. The second-order valence-corrected chi connectivity index (χ2v) is 10.8. The van der Waals surface area contributed by atoms with E-state index in [2.05, 4.69) is 4.98 Å². The zero-order valence-electron chi connectivity index (χ0n) is 15.7. The summed E-state index contributed by atoms with van der Waals surface area (Å²) in [5, 5.41) is 0.801. The zero-order chi connectivity index (χ0) is 18.2. The van der Waals surface area contributed by atoms with Crippen LogP contribution in [0.2, 0.25) is 0 Å². The number of hydrogen-bond acceptors (Lipinski definition) is 4. The van der Waals surface area contributed by atoms with Crippen LogP contribution in [0.15, 0.2) is 11.1 Å². The molecule has 2 aromatic rings. The predicted octanol–water partition coefficient (Wildman–Crippen LogP) is 4.12. The molecular formula is C22H26N2O2S. The Morgan fingerprint density at radius 3 is 2.48 bits per heavy atom. The van der Waals surface area contributed by atoms with E-state index in [-0.39, 0.29) is 17.5 Å². The van der Waals surface area contributed by atoms with Crippen LogP contribution in [-0.4, -0.2) is 15.3 Å². The van der Waals surface area contributed by atoms with Crippen molar-refractivity contribution >= 4 is 27.3 Å². The first-order chi connectivity index (χ1) is 13.1. The second-order valence-electron chi connectivity index (χ2n) is 9.69. The summed E-state index contributed by atoms with van der Waals surface area (Å²) in [6.07, 6.45) is 13.2. The van der Waals surface area contributed by atoms with Crippen LogP contribution in [0.25, 0.3) is 10.2 Å². The van der Waals surface area contributed by atoms with E-state index in [4.69, 9.17) is 0 Å². The molecule has 0 radical (unpaired) electrons. The molecule has 2 heterocycles. The largest absolute Gasteiger partial charge is 0.297 e. The van der Waals surface area contributed by atoms with Crippen molar-refractivity contribution in [3.05, 3.63) is 27.1 Å². The van der Waals surface area contributed by atoms with Gasteiger partial charge in [-0.25, -0.2) is 4.98 Å². The van der Waals surface area contributed by atoms with Crippen molar-refractivity contribution in [3.63, 3.8) is 0 Å². The first-order valence-electron chi connectivity index (χ1n) is 10.6. The van der Waals surface area contributed by atoms with Crippen LogP contribution in [0.3, 0.4) is 0 Å². The van der Waals surface area contributed by atoms with Crippen molar-refractivity contribution in [1.82, 2.24) is 9.55 Å². The Morgan fingerprint density at radius 2 is 1.78 bits per heavy atom. The van der Waals surface area contributed by atoms with Gasteiger partial charge in [-0.1, -0.05) is 0 Å². The molecule has 142 valence electrons. The van der Waals surface area contributed by atoms with Gasteiger partial charge < -0.3 is 0 Å². The number of hydrogen-bond donors (Lipinski definition) is 0. The molecule has 0 N–H and O–H groups in total. The Labute approximate surface area is 163 Å². The maximum Gasteiger partial charge on any atom is 0.262 e. The summed E-state index contributed by atoms with van der Waals surface area (Å²) >= 11 is 1.68. The van der Waals surface area contributed by atoms with Crippen molar-refractivity contribution in [2.45, 2.75) is 70.8 Å². The molecule has 27 heavy (non-hydrogen) atoms. The van der Waals surface area contributed by atoms with Gasteiger partial charge in [0, 0.05) is 10.3 Å². The topological polar surface area (TPSA) is 52.0 Å². The van der Waals surface area contributed by atoms with Crippen LogP contribution in [-0.2, 0) is 24.2 Å². The summed E-state index contributed by atoms with van der Waals surface area (Å²) in [5.74, 6) is 2.55. The van der Waals surface area contributed by atoms with Gasteiger partial charge in [0.2, 0.25) is 0 Å². The van der Waals surface area contributed by atoms with E-state index in [1.54, 1.807) is 22.2 Å². The monoisotopic (exact) mass is 382 g/mol. The van der Waals surface area contributed by atoms with Gasteiger partial charge in [-0.3, -0.25) is 14.2 Å². The predicted molar refractivity (Wildman–Crippen MR) is 106 cm³/mol. The average molecular weight is 383 g/mol. The molecule has 4 fully saturated rings. The van der Waals surface area contributed by atoms with E-state index >= 15 is 0 Å². The van der Waals surface area contributed by atoms with Crippen LogP contribution in [0.5, 0.6) is 0 Å². The lowest BCUT2D eigenvalue weighted by atomic mass is 9.48. The molecule has 5 heteroatoms. The highest BCUT2D eigenvalue weighted by molar-refractivity contribution is 7.18. The molecule has 0 atom stereocenters. The van der Waals surface area contributed by atoms with Gasteiger partial charge >= 0.3 is 0 Å². The minimum Gasteiger partial charge on any atom is -0.297 e. The number of carbonyl (C=O) groups excluding carboxylic acids is 1. The van der Waals surface area contributed by atoms with Gasteiger partial charge in [0.1, 0.15) is 4.83 Å². The normalized spacial score (nSPS) is 34.1. The molecule has 7 rings (SSSR count). The highest BCUT2D eigenvalue weighted by Gasteiger charge is 2.54. The average Bonchev–Trinajstić information content (AvgIpc) is 3.02. The van der Waals surface area contributed by atoms with Crippen LogP contribution in [0.1, 0.15) is 61.8 Å². The van der Waals surface area contributed by atoms with Crippen LogP contribution < -0.4 is 5.56 Å². The number of rotatable bonds is 3. The highest BCUT2D eigenvalue weighted by Crippen LogP contribution is 2.60. The Bertz CT molecular complexity index is 966. The first kappa shape index (κ1) is 16.5. The SMILES string of the molecule is O=C(Cn1cnc2sc3c(c2c1=O)CCCC3)C12CC3CC(CC(C3)C1)C2. The lowest BCUT2D eigenvalue weighted by Gasteiger charge is -2.56. The summed E-state index contributed by atoms with van der Waals surface area (Å²) in [7, 11) is 0. The number of thiophene rings is 1. The summed E-state index contributed by atoms with van der Waals surface area (Å²) in [6, 6.07) is 0. The highest BCUT2D eigenvalue weighted by atomic mass is 32.1. The molecule has 0 aliphatic heterocycles. The zero-order valence-corrected chi connectivity index (χ0v) is 16.5. The number of Topliss-reactive ketones (excluding diaryl/α,β-unsaturated/α-hetero) is 1. The third kappa shape index (κ3) is 2.43. The Hall–Kier alpha value is -1.49. The van der Waals surface area contributed by atoms with Gasteiger partial charge in [-0.15, -0.1) is 11.3 Å². The lowest BCUT2D eigenvalue weighted by Crippen LogP contribution is -2.51. The quantitative estimate of drug-likeness (QED) is 0.802.